The molecule has 1 saturated heterocycles. The van der Waals surface area contributed by atoms with Crippen molar-refractivity contribution < 1.29 is 9.90 Å². The lowest BCUT2D eigenvalue weighted by Crippen LogP contribution is -2.52. The summed E-state index contributed by atoms with van der Waals surface area (Å²) in [4.78, 5) is 12.4. The highest BCUT2D eigenvalue weighted by atomic mass is 16.4. The van der Waals surface area contributed by atoms with Gasteiger partial charge in [-0.2, -0.15) is 0 Å². The van der Waals surface area contributed by atoms with Crippen LogP contribution in [0.2, 0.25) is 0 Å². The minimum absolute atomic E-state index is 0.432. The van der Waals surface area contributed by atoms with Crippen molar-refractivity contribution in [1.82, 2.24) is 10.2 Å². The number of rotatable bonds is 2. The van der Waals surface area contributed by atoms with Crippen molar-refractivity contribution in [2.45, 2.75) is 57.5 Å². The Kier molecular flexibility index (Phi) is 4.26. The van der Waals surface area contributed by atoms with Crippen LogP contribution < -0.4 is 5.32 Å². The van der Waals surface area contributed by atoms with E-state index in [9.17, 15) is 4.79 Å². The van der Waals surface area contributed by atoms with Crippen LogP contribution in [0.15, 0.2) is 0 Å². The molecule has 1 aliphatic carbocycles. The first-order valence-corrected chi connectivity index (χ1v) is 6.90. The van der Waals surface area contributed by atoms with Gasteiger partial charge in [0, 0.05) is 25.2 Å². The van der Waals surface area contributed by atoms with Crippen LogP contribution in [0.1, 0.15) is 45.4 Å². The summed E-state index contributed by atoms with van der Waals surface area (Å²) in [5.74, 6) is 0.432. The van der Waals surface area contributed by atoms with Crippen LogP contribution in [0.25, 0.3) is 0 Å². The molecule has 0 aromatic rings. The Hall–Kier alpha value is -0.770. The van der Waals surface area contributed by atoms with Gasteiger partial charge in [-0.3, -0.25) is 0 Å². The fraction of sp³-hybridized carbons (Fsp3) is 0.923. The fourth-order valence-corrected chi connectivity index (χ4v) is 3.14. The van der Waals surface area contributed by atoms with Crippen LogP contribution in [0, 0.1) is 5.92 Å². The quantitative estimate of drug-likeness (QED) is 0.778. The van der Waals surface area contributed by atoms with Crippen molar-refractivity contribution in [2.24, 2.45) is 5.92 Å². The summed E-state index contributed by atoms with van der Waals surface area (Å²) in [6, 6.07) is 1.18. The Morgan fingerprint density at radius 1 is 1.24 bits per heavy atom. The molecular weight excluding hydrogens is 216 g/mol. The average Bonchev–Trinajstić information content (AvgIpc) is 2.33. The molecule has 1 aliphatic heterocycles. The van der Waals surface area contributed by atoms with Gasteiger partial charge in [0.25, 0.3) is 0 Å². The van der Waals surface area contributed by atoms with Gasteiger partial charge >= 0.3 is 6.09 Å². The molecule has 0 radical (unpaired) electrons. The predicted molar refractivity (Wildman–Crippen MR) is 67.2 cm³/mol. The topological polar surface area (TPSA) is 52.6 Å². The maximum Gasteiger partial charge on any atom is 0.407 e. The van der Waals surface area contributed by atoms with Crippen LogP contribution in [-0.4, -0.2) is 41.3 Å². The van der Waals surface area contributed by atoms with Gasteiger partial charge in [-0.05, 0) is 25.2 Å². The summed E-state index contributed by atoms with van der Waals surface area (Å²) in [5, 5.41) is 12.7. The van der Waals surface area contributed by atoms with Crippen molar-refractivity contribution in [3.8, 4) is 0 Å². The standard InChI is InChI=1S/C13H24N2O2/c1-10-9-15(13(16)17)8-7-12(10)14-11-5-3-2-4-6-11/h10-12,14H,2-9H2,1H3,(H,16,17)/t10-,12-/m0/s1. The Balaban J connectivity index is 1.80. The minimum Gasteiger partial charge on any atom is -0.465 e. The minimum atomic E-state index is -0.770. The summed E-state index contributed by atoms with van der Waals surface area (Å²) in [7, 11) is 0. The normalized spacial score (nSPS) is 31.5. The molecule has 1 amide bonds. The molecule has 2 atom stereocenters. The third-order valence-electron chi connectivity index (χ3n) is 4.23. The molecule has 0 unspecified atom stereocenters. The number of nitrogens with one attached hydrogen (secondary N) is 1. The Labute approximate surface area is 103 Å². The summed E-state index contributed by atoms with van der Waals surface area (Å²) in [6.45, 7) is 3.53. The van der Waals surface area contributed by atoms with Gasteiger partial charge in [0.15, 0.2) is 0 Å². The molecule has 0 spiro atoms. The van der Waals surface area contributed by atoms with Gasteiger partial charge in [-0.1, -0.05) is 26.2 Å². The number of carboxylic acid groups (broad SMARTS) is 1. The smallest absolute Gasteiger partial charge is 0.407 e. The molecule has 0 aromatic heterocycles. The van der Waals surface area contributed by atoms with Crippen molar-refractivity contribution in [2.75, 3.05) is 13.1 Å². The second kappa shape index (κ2) is 5.71. The first-order valence-electron chi connectivity index (χ1n) is 6.90. The molecule has 0 bridgehead atoms. The van der Waals surface area contributed by atoms with E-state index in [4.69, 9.17) is 5.11 Å². The lowest BCUT2D eigenvalue weighted by molar-refractivity contribution is 0.106. The maximum atomic E-state index is 10.9. The Morgan fingerprint density at radius 3 is 2.53 bits per heavy atom. The zero-order chi connectivity index (χ0) is 12.3. The van der Waals surface area contributed by atoms with Crippen LogP contribution in [0.5, 0.6) is 0 Å². The van der Waals surface area contributed by atoms with E-state index in [0.717, 1.165) is 6.42 Å². The molecular formula is C13H24N2O2. The molecule has 4 heteroatoms. The number of nitrogens with zero attached hydrogens (tertiary/aromatic N) is 1. The second-order valence-electron chi connectivity index (χ2n) is 5.60. The first kappa shape index (κ1) is 12.7. The van der Waals surface area contributed by atoms with Crippen LogP contribution >= 0.6 is 0 Å². The highest BCUT2D eigenvalue weighted by Crippen LogP contribution is 2.22. The molecule has 98 valence electrons. The van der Waals surface area contributed by atoms with Gasteiger partial charge in [0.05, 0.1) is 0 Å². The van der Waals surface area contributed by atoms with Crippen LogP contribution in [0.3, 0.4) is 0 Å². The van der Waals surface area contributed by atoms with Crippen LogP contribution in [0.4, 0.5) is 4.79 Å². The third-order valence-corrected chi connectivity index (χ3v) is 4.23. The molecule has 2 fully saturated rings. The van der Waals surface area contributed by atoms with E-state index in [2.05, 4.69) is 12.2 Å². The number of carbonyl (C=O) groups is 1. The maximum absolute atomic E-state index is 10.9. The molecule has 2 rings (SSSR count). The van der Waals surface area contributed by atoms with Gasteiger partial charge < -0.3 is 15.3 Å². The largest absolute Gasteiger partial charge is 0.465 e. The average molecular weight is 240 g/mol. The lowest BCUT2D eigenvalue weighted by atomic mass is 9.90. The van der Waals surface area contributed by atoms with Crippen molar-refractivity contribution in [3.63, 3.8) is 0 Å². The highest BCUT2D eigenvalue weighted by molar-refractivity contribution is 5.65. The molecule has 1 saturated carbocycles. The van der Waals surface area contributed by atoms with Gasteiger partial charge in [0.2, 0.25) is 0 Å². The molecule has 0 aromatic carbocycles. The molecule has 17 heavy (non-hydrogen) atoms. The molecule has 1 heterocycles. The fourth-order valence-electron chi connectivity index (χ4n) is 3.14. The summed E-state index contributed by atoms with van der Waals surface area (Å²) < 4.78 is 0. The van der Waals surface area contributed by atoms with Crippen molar-refractivity contribution in [3.05, 3.63) is 0 Å². The first-order chi connectivity index (χ1) is 8.16. The summed E-state index contributed by atoms with van der Waals surface area (Å²) >= 11 is 0. The number of amides is 1. The monoisotopic (exact) mass is 240 g/mol. The lowest BCUT2D eigenvalue weighted by Gasteiger charge is -2.38. The zero-order valence-corrected chi connectivity index (χ0v) is 10.7. The van der Waals surface area contributed by atoms with E-state index >= 15 is 0 Å². The molecule has 2 aliphatic rings. The van der Waals surface area contributed by atoms with E-state index in [1.165, 1.54) is 32.1 Å². The third kappa shape index (κ3) is 3.35. The number of hydrogen-bond donors (Lipinski definition) is 2. The summed E-state index contributed by atoms with van der Waals surface area (Å²) in [5.41, 5.74) is 0. The number of likely N-dealkylation sites (tertiary alicyclic amines) is 1. The molecule has 4 nitrogen and oxygen atoms in total. The predicted octanol–water partition coefficient (Wildman–Crippen LogP) is 2.30. The van der Waals surface area contributed by atoms with Gasteiger partial charge in [0.1, 0.15) is 0 Å². The van der Waals surface area contributed by atoms with Gasteiger partial charge in [-0.25, -0.2) is 4.79 Å². The van der Waals surface area contributed by atoms with E-state index in [1.54, 1.807) is 4.90 Å². The Bertz CT molecular complexity index is 264. The van der Waals surface area contributed by atoms with E-state index in [0.29, 0.717) is 31.1 Å². The van der Waals surface area contributed by atoms with E-state index < -0.39 is 6.09 Å². The van der Waals surface area contributed by atoms with Crippen LogP contribution in [-0.2, 0) is 0 Å². The number of piperidine rings is 1. The van der Waals surface area contributed by atoms with E-state index in [-0.39, 0.29) is 0 Å². The number of hydrogen-bond acceptors (Lipinski definition) is 2. The van der Waals surface area contributed by atoms with Crippen molar-refractivity contribution >= 4 is 6.09 Å². The second-order valence-corrected chi connectivity index (χ2v) is 5.60. The van der Waals surface area contributed by atoms with E-state index in [1.807, 2.05) is 0 Å². The highest BCUT2D eigenvalue weighted by Gasteiger charge is 2.29. The zero-order valence-electron chi connectivity index (χ0n) is 10.7. The Morgan fingerprint density at radius 2 is 1.94 bits per heavy atom. The van der Waals surface area contributed by atoms with Crippen molar-refractivity contribution in [1.29, 1.82) is 0 Å². The van der Waals surface area contributed by atoms with Gasteiger partial charge in [-0.15, -0.1) is 0 Å². The summed E-state index contributed by atoms with van der Waals surface area (Å²) in [6.07, 6.45) is 6.86. The molecule has 2 N–H and O–H groups in total. The SMILES string of the molecule is C[C@H]1CN(C(=O)O)CC[C@@H]1NC1CCCCC1.